The van der Waals surface area contributed by atoms with E-state index in [-0.39, 0.29) is 6.10 Å². The Bertz CT molecular complexity index is 253. The van der Waals surface area contributed by atoms with Crippen molar-refractivity contribution in [2.75, 3.05) is 19.7 Å². The van der Waals surface area contributed by atoms with Crippen LogP contribution in [0.4, 0.5) is 0 Å². The quantitative estimate of drug-likeness (QED) is 0.718. The first-order chi connectivity index (χ1) is 7.83. The minimum Gasteiger partial charge on any atom is -0.361 e. The first kappa shape index (κ1) is 11.9. The molecule has 3 heteroatoms. The van der Waals surface area contributed by atoms with Gasteiger partial charge in [-0.25, -0.2) is 0 Å². The highest BCUT2D eigenvalue weighted by Gasteiger charge is 2.29. The summed E-state index contributed by atoms with van der Waals surface area (Å²) in [6.07, 6.45) is 6.51. The van der Waals surface area contributed by atoms with Crippen LogP contribution in [-0.4, -0.2) is 36.7 Å². The molecule has 1 saturated heterocycles. The fourth-order valence-corrected chi connectivity index (χ4v) is 3.00. The molecule has 0 amide bonds. The molecule has 2 rings (SSSR count). The van der Waals surface area contributed by atoms with Gasteiger partial charge < -0.3 is 4.74 Å². The highest BCUT2D eigenvalue weighted by molar-refractivity contribution is 4.92. The number of ether oxygens (including phenoxy) is 1. The molecular formula is C13H22N2O. The Morgan fingerprint density at radius 2 is 2.06 bits per heavy atom. The summed E-state index contributed by atoms with van der Waals surface area (Å²) in [5, 5.41) is 8.89. The van der Waals surface area contributed by atoms with Gasteiger partial charge in [-0.15, -0.1) is 0 Å². The first-order valence-electron chi connectivity index (χ1n) is 6.58. The second-order valence-corrected chi connectivity index (χ2v) is 5.07. The maximum absolute atomic E-state index is 8.89. The highest BCUT2D eigenvalue weighted by atomic mass is 16.5. The maximum atomic E-state index is 8.89. The molecule has 1 heterocycles. The molecule has 1 unspecified atom stereocenters. The van der Waals surface area contributed by atoms with E-state index in [0.29, 0.717) is 6.04 Å². The molecule has 0 spiro atoms. The molecule has 1 atom stereocenters. The summed E-state index contributed by atoms with van der Waals surface area (Å²) in [4.78, 5) is 2.48. The third-order valence-electron chi connectivity index (χ3n) is 4.15. The van der Waals surface area contributed by atoms with Gasteiger partial charge in [-0.2, -0.15) is 5.26 Å². The van der Waals surface area contributed by atoms with Gasteiger partial charge in [0.25, 0.3) is 0 Å². The van der Waals surface area contributed by atoms with Crippen molar-refractivity contribution in [3.05, 3.63) is 0 Å². The van der Waals surface area contributed by atoms with Gasteiger partial charge in [0, 0.05) is 19.1 Å². The molecule has 0 aromatic heterocycles. The Hall–Kier alpha value is -0.590. The van der Waals surface area contributed by atoms with Crippen molar-refractivity contribution < 1.29 is 4.74 Å². The lowest BCUT2D eigenvalue weighted by Crippen LogP contribution is -2.48. The van der Waals surface area contributed by atoms with E-state index in [1.54, 1.807) is 0 Å². The van der Waals surface area contributed by atoms with Crippen molar-refractivity contribution in [2.24, 2.45) is 5.92 Å². The standard InChI is InChI=1S/C13H22N2O/c1-2-11-3-5-12(6-4-11)15-7-8-16-13(9-14)10-15/h11-13H,2-8,10H2,1H3. The largest absolute Gasteiger partial charge is 0.361 e. The van der Waals surface area contributed by atoms with Crippen LogP contribution in [-0.2, 0) is 4.74 Å². The Balaban J connectivity index is 1.82. The van der Waals surface area contributed by atoms with Crippen LogP contribution in [0, 0.1) is 17.2 Å². The van der Waals surface area contributed by atoms with Gasteiger partial charge in [0.1, 0.15) is 0 Å². The lowest BCUT2D eigenvalue weighted by molar-refractivity contribution is -0.0257. The van der Waals surface area contributed by atoms with Crippen LogP contribution in [0.3, 0.4) is 0 Å². The number of nitriles is 1. The molecule has 1 aliphatic heterocycles. The van der Waals surface area contributed by atoms with Crippen molar-refractivity contribution in [3.8, 4) is 6.07 Å². The summed E-state index contributed by atoms with van der Waals surface area (Å²) in [7, 11) is 0. The third-order valence-corrected chi connectivity index (χ3v) is 4.15. The van der Waals surface area contributed by atoms with Gasteiger partial charge >= 0.3 is 0 Å². The second kappa shape index (κ2) is 5.65. The summed E-state index contributed by atoms with van der Waals surface area (Å²) >= 11 is 0. The summed E-state index contributed by atoms with van der Waals surface area (Å²) in [6, 6.07) is 2.94. The number of hydrogen-bond donors (Lipinski definition) is 0. The third kappa shape index (κ3) is 2.75. The van der Waals surface area contributed by atoms with E-state index < -0.39 is 0 Å². The molecular weight excluding hydrogens is 200 g/mol. The van der Waals surface area contributed by atoms with E-state index in [1.165, 1.54) is 32.1 Å². The van der Waals surface area contributed by atoms with Crippen LogP contribution in [0.5, 0.6) is 0 Å². The van der Waals surface area contributed by atoms with Crippen molar-refractivity contribution in [2.45, 2.75) is 51.2 Å². The average Bonchev–Trinajstić information content (AvgIpc) is 2.39. The summed E-state index contributed by atoms with van der Waals surface area (Å²) in [6.45, 7) is 4.86. The molecule has 1 aliphatic carbocycles. The molecule has 16 heavy (non-hydrogen) atoms. The monoisotopic (exact) mass is 222 g/mol. The van der Waals surface area contributed by atoms with E-state index in [0.717, 1.165) is 25.6 Å². The lowest BCUT2D eigenvalue weighted by Gasteiger charge is -2.39. The number of hydrogen-bond acceptors (Lipinski definition) is 3. The number of rotatable bonds is 2. The van der Waals surface area contributed by atoms with Gasteiger partial charge in [-0.3, -0.25) is 4.90 Å². The zero-order valence-corrected chi connectivity index (χ0v) is 10.2. The van der Waals surface area contributed by atoms with E-state index in [1.807, 2.05) is 0 Å². The van der Waals surface area contributed by atoms with Crippen LogP contribution in [0.1, 0.15) is 39.0 Å². The molecule has 90 valence electrons. The van der Waals surface area contributed by atoms with Crippen LogP contribution >= 0.6 is 0 Å². The fourth-order valence-electron chi connectivity index (χ4n) is 3.00. The van der Waals surface area contributed by atoms with E-state index in [9.17, 15) is 0 Å². The number of nitrogens with zero attached hydrogens (tertiary/aromatic N) is 2. The second-order valence-electron chi connectivity index (χ2n) is 5.07. The van der Waals surface area contributed by atoms with Gasteiger partial charge in [0.05, 0.1) is 12.7 Å². The zero-order chi connectivity index (χ0) is 11.4. The van der Waals surface area contributed by atoms with Crippen LogP contribution in [0.25, 0.3) is 0 Å². The van der Waals surface area contributed by atoms with E-state index >= 15 is 0 Å². The Morgan fingerprint density at radius 1 is 1.31 bits per heavy atom. The molecule has 0 radical (unpaired) electrons. The minimum atomic E-state index is -0.197. The Kier molecular flexibility index (Phi) is 4.20. The predicted octanol–water partition coefficient (Wildman–Crippen LogP) is 2.18. The number of morpholine rings is 1. The predicted molar refractivity (Wildman–Crippen MR) is 63.0 cm³/mol. The smallest absolute Gasteiger partial charge is 0.156 e. The Labute approximate surface area is 98.4 Å². The molecule has 2 fully saturated rings. The van der Waals surface area contributed by atoms with Gasteiger partial charge in [0.2, 0.25) is 0 Å². The van der Waals surface area contributed by atoms with Gasteiger partial charge in [-0.05, 0) is 31.6 Å². The van der Waals surface area contributed by atoms with E-state index in [2.05, 4.69) is 17.9 Å². The zero-order valence-electron chi connectivity index (χ0n) is 10.2. The van der Waals surface area contributed by atoms with Crippen molar-refractivity contribution in [3.63, 3.8) is 0 Å². The molecule has 0 N–H and O–H groups in total. The molecule has 2 aliphatic rings. The summed E-state index contributed by atoms with van der Waals surface area (Å²) in [5.41, 5.74) is 0. The minimum absolute atomic E-state index is 0.197. The molecule has 3 nitrogen and oxygen atoms in total. The maximum Gasteiger partial charge on any atom is 0.156 e. The normalized spacial score (nSPS) is 36.9. The van der Waals surface area contributed by atoms with Gasteiger partial charge in [-0.1, -0.05) is 13.3 Å². The van der Waals surface area contributed by atoms with Crippen LogP contribution in [0.15, 0.2) is 0 Å². The fraction of sp³-hybridized carbons (Fsp3) is 0.923. The molecule has 0 aromatic rings. The van der Waals surface area contributed by atoms with Crippen molar-refractivity contribution in [1.29, 1.82) is 5.26 Å². The van der Waals surface area contributed by atoms with Crippen molar-refractivity contribution >= 4 is 0 Å². The first-order valence-corrected chi connectivity index (χ1v) is 6.58. The topological polar surface area (TPSA) is 36.3 Å². The summed E-state index contributed by atoms with van der Waals surface area (Å²) in [5.74, 6) is 0.948. The SMILES string of the molecule is CCC1CCC(N2CCOC(C#N)C2)CC1. The average molecular weight is 222 g/mol. The highest BCUT2D eigenvalue weighted by Crippen LogP contribution is 2.30. The van der Waals surface area contributed by atoms with E-state index in [4.69, 9.17) is 10.00 Å². The summed E-state index contributed by atoms with van der Waals surface area (Å²) < 4.78 is 5.39. The molecule has 0 aromatic carbocycles. The van der Waals surface area contributed by atoms with Gasteiger partial charge in [0.15, 0.2) is 6.10 Å². The lowest BCUT2D eigenvalue weighted by atomic mass is 9.84. The molecule has 1 saturated carbocycles. The van der Waals surface area contributed by atoms with Crippen molar-refractivity contribution in [1.82, 2.24) is 4.90 Å². The van der Waals surface area contributed by atoms with Crippen LogP contribution in [0.2, 0.25) is 0 Å². The van der Waals surface area contributed by atoms with Crippen LogP contribution < -0.4 is 0 Å². The Morgan fingerprint density at radius 3 is 2.69 bits per heavy atom. The molecule has 0 bridgehead atoms.